The Morgan fingerprint density at radius 1 is 1.25 bits per heavy atom. The van der Waals surface area contributed by atoms with Crippen molar-refractivity contribution in [2.75, 3.05) is 12.4 Å². The van der Waals surface area contributed by atoms with Crippen LogP contribution in [0.4, 0.5) is 10.1 Å². The molecule has 0 bridgehead atoms. The van der Waals surface area contributed by atoms with Gasteiger partial charge in [0.05, 0.1) is 12.5 Å². The van der Waals surface area contributed by atoms with E-state index < -0.39 is 23.3 Å². The first kappa shape index (κ1) is 21.2. The number of fused-ring (bicyclic) bond motifs is 1. The predicted molar refractivity (Wildman–Crippen MR) is 117 cm³/mol. The number of aromatic nitrogens is 3. The number of carbonyl (C=O) groups is 1. The van der Waals surface area contributed by atoms with Crippen LogP contribution in [-0.4, -0.2) is 28.0 Å². The molecule has 0 unspecified atom stereocenters. The maximum Gasteiger partial charge on any atom is 0.297 e. The first-order valence-electron chi connectivity index (χ1n) is 10.0. The van der Waals surface area contributed by atoms with Crippen LogP contribution in [0.5, 0.6) is 5.75 Å². The molecule has 0 spiro atoms. The average Bonchev–Trinajstić information content (AvgIpc) is 3.19. The standard InChI is InChI=1S/C23H21FN4O4/c1-4-18(22(29)25-16-10-8-15(24)9-11-16)28-23(30)21-19(13(2)32-27-21)20(26-28)14-6-5-7-17(12-14)31-3/h5-12,18H,4H2,1-3H3,(H,25,29)/t18-/m1/s1. The van der Waals surface area contributed by atoms with Crippen molar-refractivity contribution in [2.45, 2.75) is 26.3 Å². The maximum absolute atomic E-state index is 13.2. The van der Waals surface area contributed by atoms with E-state index >= 15 is 0 Å². The zero-order chi connectivity index (χ0) is 22.8. The van der Waals surface area contributed by atoms with E-state index in [0.29, 0.717) is 40.3 Å². The van der Waals surface area contributed by atoms with Gasteiger partial charge in [-0.05, 0) is 49.7 Å². The van der Waals surface area contributed by atoms with Crippen LogP contribution in [-0.2, 0) is 4.79 Å². The van der Waals surface area contributed by atoms with Crippen LogP contribution in [0.3, 0.4) is 0 Å². The second-order valence-corrected chi connectivity index (χ2v) is 7.21. The van der Waals surface area contributed by atoms with Gasteiger partial charge in [-0.15, -0.1) is 0 Å². The van der Waals surface area contributed by atoms with Crippen molar-refractivity contribution in [3.63, 3.8) is 0 Å². The van der Waals surface area contributed by atoms with Crippen LogP contribution < -0.4 is 15.6 Å². The molecule has 4 rings (SSSR count). The number of carbonyl (C=O) groups excluding carboxylic acids is 1. The molecule has 0 radical (unpaired) electrons. The van der Waals surface area contributed by atoms with Gasteiger partial charge < -0.3 is 14.6 Å². The lowest BCUT2D eigenvalue weighted by molar-refractivity contribution is -0.119. The van der Waals surface area contributed by atoms with E-state index in [1.165, 1.54) is 24.3 Å². The SMILES string of the molecule is CC[C@H](C(=O)Nc1ccc(F)cc1)n1nc(-c2cccc(OC)c2)c2c(C)onc2c1=O. The molecule has 1 atom stereocenters. The van der Waals surface area contributed by atoms with E-state index in [0.717, 1.165) is 4.68 Å². The number of hydrogen-bond acceptors (Lipinski definition) is 6. The number of methoxy groups -OCH3 is 1. The van der Waals surface area contributed by atoms with E-state index in [2.05, 4.69) is 15.6 Å². The fourth-order valence-electron chi connectivity index (χ4n) is 3.52. The highest BCUT2D eigenvalue weighted by atomic mass is 19.1. The lowest BCUT2D eigenvalue weighted by Crippen LogP contribution is -2.35. The van der Waals surface area contributed by atoms with Gasteiger partial charge in [-0.2, -0.15) is 5.10 Å². The van der Waals surface area contributed by atoms with Gasteiger partial charge in [-0.3, -0.25) is 9.59 Å². The molecule has 2 aromatic heterocycles. The third-order valence-corrected chi connectivity index (χ3v) is 5.16. The monoisotopic (exact) mass is 436 g/mol. The number of halogens is 1. The summed E-state index contributed by atoms with van der Waals surface area (Å²) in [6.07, 6.45) is 0.291. The van der Waals surface area contributed by atoms with Gasteiger partial charge in [0.15, 0.2) is 5.52 Å². The summed E-state index contributed by atoms with van der Waals surface area (Å²) < 4.78 is 24.9. The highest BCUT2D eigenvalue weighted by Gasteiger charge is 2.26. The molecule has 0 fully saturated rings. The summed E-state index contributed by atoms with van der Waals surface area (Å²) in [5.74, 6) is 0.191. The van der Waals surface area contributed by atoms with Crippen LogP contribution in [0.25, 0.3) is 22.2 Å². The number of ether oxygens (including phenoxy) is 1. The molecule has 0 saturated heterocycles. The third kappa shape index (κ3) is 3.84. The van der Waals surface area contributed by atoms with Gasteiger partial charge in [0, 0.05) is 11.3 Å². The van der Waals surface area contributed by atoms with Crippen LogP contribution in [0, 0.1) is 12.7 Å². The molecule has 164 valence electrons. The molecule has 0 aliphatic heterocycles. The quantitative estimate of drug-likeness (QED) is 0.489. The first-order valence-corrected chi connectivity index (χ1v) is 10.0. The van der Waals surface area contributed by atoms with Gasteiger partial charge in [-0.1, -0.05) is 24.2 Å². The number of aryl methyl sites for hydroxylation is 1. The van der Waals surface area contributed by atoms with Crippen molar-refractivity contribution in [1.29, 1.82) is 0 Å². The van der Waals surface area contributed by atoms with Crippen molar-refractivity contribution in [3.05, 3.63) is 70.5 Å². The summed E-state index contributed by atoms with van der Waals surface area (Å²) in [5.41, 5.74) is 1.09. The van der Waals surface area contributed by atoms with E-state index in [4.69, 9.17) is 9.26 Å². The number of benzene rings is 2. The summed E-state index contributed by atoms with van der Waals surface area (Å²) in [6, 6.07) is 11.7. The van der Waals surface area contributed by atoms with Crippen LogP contribution in [0.2, 0.25) is 0 Å². The fourth-order valence-corrected chi connectivity index (χ4v) is 3.52. The van der Waals surface area contributed by atoms with Crippen LogP contribution >= 0.6 is 0 Å². The second kappa shape index (κ2) is 8.62. The lowest BCUT2D eigenvalue weighted by atomic mass is 10.1. The summed E-state index contributed by atoms with van der Waals surface area (Å²) in [7, 11) is 1.56. The zero-order valence-electron chi connectivity index (χ0n) is 17.8. The van der Waals surface area contributed by atoms with E-state index in [1.54, 1.807) is 39.2 Å². The number of rotatable bonds is 6. The summed E-state index contributed by atoms with van der Waals surface area (Å²) in [5, 5.41) is 11.7. The Bertz CT molecular complexity index is 1340. The predicted octanol–water partition coefficient (Wildman–Crippen LogP) is 4.10. The molecule has 2 aromatic carbocycles. The minimum Gasteiger partial charge on any atom is -0.497 e. The molecule has 0 saturated carbocycles. The molecule has 4 aromatic rings. The van der Waals surface area contributed by atoms with Crippen molar-refractivity contribution in [2.24, 2.45) is 0 Å². The molecule has 8 nitrogen and oxygen atoms in total. The molecule has 32 heavy (non-hydrogen) atoms. The molecule has 1 N–H and O–H groups in total. The van der Waals surface area contributed by atoms with Gasteiger partial charge in [0.25, 0.3) is 5.56 Å². The molecule has 0 aliphatic carbocycles. The van der Waals surface area contributed by atoms with Gasteiger partial charge in [0.1, 0.15) is 29.1 Å². The Labute approximate surface area is 182 Å². The van der Waals surface area contributed by atoms with Gasteiger partial charge in [-0.25, -0.2) is 9.07 Å². The van der Waals surface area contributed by atoms with E-state index in [-0.39, 0.29) is 5.52 Å². The average molecular weight is 436 g/mol. The number of nitrogens with one attached hydrogen (secondary N) is 1. The van der Waals surface area contributed by atoms with Crippen molar-refractivity contribution in [3.8, 4) is 17.0 Å². The number of hydrogen-bond donors (Lipinski definition) is 1. The number of amides is 1. The summed E-state index contributed by atoms with van der Waals surface area (Å²) in [6.45, 7) is 3.47. The molecule has 2 heterocycles. The molecular formula is C23H21FN4O4. The highest BCUT2D eigenvalue weighted by Crippen LogP contribution is 2.30. The van der Waals surface area contributed by atoms with Crippen molar-refractivity contribution in [1.82, 2.24) is 14.9 Å². The fraction of sp³-hybridized carbons (Fsp3) is 0.217. The van der Waals surface area contributed by atoms with Crippen LogP contribution in [0.15, 0.2) is 57.8 Å². The zero-order valence-corrected chi connectivity index (χ0v) is 17.8. The maximum atomic E-state index is 13.2. The Hall–Kier alpha value is -4.01. The topological polar surface area (TPSA) is 99.2 Å². The number of nitrogens with zero attached hydrogens (tertiary/aromatic N) is 3. The molecule has 9 heteroatoms. The number of anilines is 1. The Morgan fingerprint density at radius 3 is 2.69 bits per heavy atom. The van der Waals surface area contributed by atoms with E-state index in [9.17, 15) is 14.0 Å². The molecular weight excluding hydrogens is 415 g/mol. The van der Waals surface area contributed by atoms with Crippen LogP contribution in [0.1, 0.15) is 25.1 Å². The Balaban J connectivity index is 1.84. The summed E-state index contributed by atoms with van der Waals surface area (Å²) >= 11 is 0. The molecule has 0 aliphatic rings. The smallest absolute Gasteiger partial charge is 0.297 e. The van der Waals surface area contributed by atoms with Gasteiger partial charge in [0.2, 0.25) is 5.91 Å². The first-order chi connectivity index (χ1) is 15.4. The largest absolute Gasteiger partial charge is 0.497 e. The Kier molecular flexibility index (Phi) is 5.72. The minimum atomic E-state index is -0.918. The van der Waals surface area contributed by atoms with Crippen molar-refractivity contribution < 1.29 is 18.4 Å². The third-order valence-electron chi connectivity index (χ3n) is 5.16. The Morgan fingerprint density at radius 2 is 2.00 bits per heavy atom. The van der Waals surface area contributed by atoms with E-state index in [1.807, 2.05) is 6.07 Å². The second-order valence-electron chi connectivity index (χ2n) is 7.21. The summed E-state index contributed by atoms with van der Waals surface area (Å²) in [4.78, 5) is 26.2. The minimum absolute atomic E-state index is 0.0864. The lowest BCUT2D eigenvalue weighted by Gasteiger charge is -2.18. The molecule has 1 amide bonds. The normalized spacial score (nSPS) is 12.0. The van der Waals surface area contributed by atoms with Crippen molar-refractivity contribution >= 4 is 22.5 Å². The van der Waals surface area contributed by atoms with Gasteiger partial charge >= 0.3 is 0 Å². The highest BCUT2D eigenvalue weighted by molar-refractivity contribution is 5.95.